The summed E-state index contributed by atoms with van der Waals surface area (Å²) < 4.78 is 5.79. The number of ether oxygens (including phenoxy) is 1. The van der Waals surface area contributed by atoms with Gasteiger partial charge in [-0.2, -0.15) is 0 Å². The lowest BCUT2D eigenvalue weighted by Crippen LogP contribution is -2.48. The van der Waals surface area contributed by atoms with E-state index in [9.17, 15) is 4.79 Å². The molecular formula is C17H24Br2N2O2. The molecular weight excluding hydrogens is 424 g/mol. The van der Waals surface area contributed by atoms with Crippen molar-refractivity contribution in [3.63, 3.8) is 0 Å². The van der Waals surface area contributed by atoms with Gasteiger partial charge in [0.05, 0.1) is 5.33 Å². The largest absolute Gasteiger partial charge is 0.492 e. The third-order valence-electron chi connectivity index (χ3n) is 4.44. The smallest absolute Gasteiger partial charge is 0.173 e. The lowest BCUT2D eigenvalue weighted by atomic mass is 10.1. The van der Waals surface area contributed by atoms with Crippen molar-refractivity contribution >= 4 is 38.7 Å². The Kier molecular flexibility index (Phi) is 7.53. The van der Waals surface area contributed by atoms with Gasteiger partial charge in [-0.15, -0.1) is 17.0 Å². The molecule has 128 valence electrons. The summed E-state index contributed by atoms with van der Waals surface area (Å²) in [6.07, 6.45) is 2.80. The van der Waals surface area contributed by atoms with Crippen LogP contribution in [0, 0.1) is 0 Å². The van der Waals surface area contributed by atoms with Gasteiger partial charge in [-0.3, -0.25) is 14.6 Å². The Balaban J connectivity index is 0.00000192. The number of benzene rings is 1. The standard InChI is InChI=1S/C17H23BrN2O2.BrH/c18-13-17(21)14-1-5-16(6-2-14)22-12-11-19-7-9-20(10-8-19)15-3-4-15;/h1-2,5-6,15H,3-4,7-13H2;1H. The number of halogens is 2. The summed E-state index contributed by atoms with van der Waals surface area (Å²) in [6, 6.07) is 8.29. The van der Waals surface area contributed by atoms with E-state index in [4.69, 9.17) is 4.74 Å². The Morgan fingerprint density at radius 1 is 1.13 bits per heavy atom. The summed E-state index contributed by atoms with van der Waals surface area (Å²) >= 11 is 3.18. The highest BCUT2D eigenvalue weighted by Crippen LogP contribution is 2.27. The number of hydrogen-bond donors (Lipinski definition) is 0. The summed E-state index contributed by atoms with van der Waals surface area (Å²) in [7, 11) is 0. The molecule has 0 radical (unpaired) electrons. The molecule has 1 saturated carbocycles. The number of carbonyl (C=O) groups is 1. The quantitative estimate of drug-likeness (QED) is 0.475. The summed E-state index contributed by atoms with van der Waals surface area (Å²) in [5.41, 5.74) is 0.723. The average Bonchev–Trinajstić information content (AvgIpc) is 3.40. The zero-order chi connectivity index (χ0) is 15.4. The zero-order valence-electron chi connectivity index (χ0n) is 13.2. The maximum absolute atomic E-state index is 11.5. The summed E-state index contributed by atoms with van der Waals surface area (Å²) in [5.74, 6) is 0.933. The first-order chi connectivity index (χ1) is 10.8. The minimum Gasteiger partial charge on any atom is -0.492 e. The molecule has 1 saturated heterocycles. The van der Waals surface area contributed by atoms with Gasteiger partial charge in [-0.25, -0.2) is 0 Å². The molecule has 1 heterocycles. The average molecular weight is 448 g/mol. The summed E-state index contributed by atoms with van der Waals surface area (Å²) in [5, 5.41) is 0.361. The SMILES string of the molecule is Br.O=C(CBr)c1ccc(OCCN2CCN(C3CC3)CC2)cc1. The van der Waals surface area contributed by atoms with E-state index < -0.39 is 0 Å². The van der Waals surface area contributed by atoms with Crippen molar-refractivity contribution in [3.05, 3.63) is 29.8 Å². The lowest BCUT2D eigenvalue weighted by molar-refractivity contribution is 0.102. The number of hydrogen-bond acceptors (Lipinski definition) is 4. The highest BCUT2D eigenvalue weighted by molar-refractivity contribution is 9.09. The van der Waals surface area contributed by atoms with E-state index in [-0.39, 0.29) is 22.8 Å². The van der Waals surface area contributed by atoms with Gasteiger partial charge in [-0.05, 0) is 37.1 Å². The van der Waals surface area contributed by atoms with Crippen LogP contribution in [0.25, 0.3) is 0 Å². The van der Waals surface area contributed by atoms with E-state index in [0.717, 1.165) is 37.0 Å². The number of alkyl halides is 1. The van der Waals surface area contributed by atoms with Crippen molar-refractivity contribution < 1.29 is 9.53 Å². The molecule has 6 heteroatoms. The van der Waals surface area contributed by atoms with Crippen molar-refractivity contribution in [2.45, 2.75) is 18.9 Å². The van der Waals surface area contributed by atoms with Crippen LogP contribution in [0.3, 0.4) is 0 Å². The number of carbonyl (C=O) groups excluding carboxylic acids is 1. The van der Waals surface area contributed by atoms with Crippen LogP contribution < -0.4 is 4.74 Å². The van der Waals surface area contributed by atoms with E-state index >= 15 is 0 Å². The van der Waals surface area contributed by atoms with Crippen LogP contribution >= 0.6 is 32.9 Å². The van der Waals surface area contributed by atoms with Crippen molar-refractivity contribution in [3.8, 4) is 5.75 Å². The van der Waals surface area contributed by atoms with Gasteiger partial charge in [0, 0.05) is 44.3 Å². The number of rotatable bonds is 7. The molecule has 23 heavy (non-hydrogen) atoms. The fourth-order valence-corrected chi connectivity index (χ4v) is 3.22. The van der Waals surface area contributed by atoms with Gasteiger partial charge in [0.2, 0.25) is 0 Å². The molecule has 1 aromatic rings. The topological polar surface area (TPSA) is 32.8 Å². The first-order valence-electron chi connectivity index (χ1n) is 8.04. The van der Waals surface area contributed by atoms with Crippen LogP contribution in [0.1, 0.15) is 23.2 Å². The van der Waals surface area contributed by atoms with Crippen LogP contribution in [0.4, 0.5) is 0 Å². The zero-order valence-corrected chi connectivity index (χ0v) is 16.5. The van der Waals surface area contributed by atoms with Crippen molar-refractivity contribution in [1.82, 2.24) is 9.80 Å². The first-order valence-corrected chi connectivity index (χ1v) is 9.17. The summed E-state index contributed by atoms with van der Waals surface area (Å²) in [4.78, 5) is 16.6. The van der Waals surface area contributed by atoms with E-state index in [0.29, 0.717) is 11.9 Å². The molecule has 0 aromatic heterocycles. The molecule has 0 N–H and O–H groups in total. The molecule has 1 aliphatic carbocycles. The van der Waals surface area contributed by atoms with E-state index in [1.165, 1.54) is 25.9 Å². The van der Waals surface area contributed by atoms with Gasteiger partial charge < -0.3 is 4.74 Å². The molecule has 1 aliphatic heterocycles. The number of Topliss-reactive ketones (excluding diaryl/α,β-unsaturated/α-hetero) is 1. The number of nitrogens with zero attached hydrogens (tertiary/aromatic N) is 2. The minimum absolute atomic E-state index is 0. The van der Waals surface area contributed by atoms with Gasteiger partial charge in [0.1, 0.15) is 12.4 Å². The van der Waals surface area contributed by atoms with Crippen LogP contribution in [0.15, 0.2) is 24.3 Å². The van der Waals surface area contributed by atoms with Crippen LogP contribution in [0.5, 0.6) is 5.75 Å². The van der Waals surface area contributed by atoms with Crippen LogP contribution in [-0.2, 0) is 0 Å². The normalized spacial score (nSPS) is 19.2. The molecule has 2 aliphatic rings. The molecule has 0 bridgehead atoms. The first kappa shape index (κ1) is 18.9. The maximum Gasteiger partial charge on any atom is 0.173 e. The Hall–Kier alpha value is -0.430. The van der Waals surface area contributed by atoms with Crippen molar-refractivity contribution in [2.24, 2.45) is 0 Å². The van der Waals surface area contributed by atoms with Gasteiger partial charge >= 0.3 is 0 Å². The Morgan fingerprint density at radius 2 is 1.78 bits per heavy atom. The van der Waals surface area contributed by atoms with Gasteiger partial charge in [-0.1, -0.05) is 15.9 Å². The lowest BCUT2D eigenvalue weighted by Gasteiger charge is -2.34. The van der Waals surface area contributed by atoms with Gasteiger partial charge in [0.25, 0.3) is 0 Å². The molecule has 3 rings (SSSR count). The predicted molar refractivity (Wildman–Crippen MR) is 101 cm³/mol. The Bertz CT molecular complexity index is 498. The second-order valence-electron chi connectivity index (χ2n) is 6.04. The highest BCUT2D eigenvalue weighted by atomic mass is 79.9. The molecule has 0 spiro atoms. The van der Waals surface area contributed by atoms with E-state index in [1.54, 1.807) is 0 Å². The molecule has 2 fully saturated rings. The van der Waals surface area contributed by atoms with Crippen molar-refractivity contribution in [1.29, 1.82) is 0 Å². The number of ketones is 1. The molecule has 0 unspecified atom stereocenters. The predicted octanol–water partition coefficient (Wildman–Crippen LogP) is 3.00. The summed E-state index contributed by atoms with van der Waals surface area (Å²) in [6.45, 7) is 6.38. The van der Waals surface area contributed by atoms with Crippen molar-refractivity contribution in [2.75, 3.05) is 44.7 Å². The fraction of sp³-hybridized carbons (Fsp3) is 0.588. The molecule has 0 atom stereocenters. The Morgan fingerprint density at radius 3 is 2.35 bits per heavy atom. The monoisotopic (exact) mass is 446 g/mol. The van der Waals surface area contributed by atoms with E-state index in [1.807, 2.05) is 24.3 Å². The molecule has 0 amide bonds. The highest BCUT2D eigenvalue weighted by Gasteiger charge is 2.30. The second kappa shape index (κ2) is 9.16. The minimum atomic E-state index is 0. The number of piperazine rings is 1. The fourth-order valence-electron chi connectivity index (χ4n) is 2.90. The second-order valence-corrected chi connectivity index (χ2v) is 6.60. The molecule has 4 nitrogen and oxygen atoms in total. The maximum atomic E-state index is 11.5. The Labute approximate surface area is 157 Å². The third kappa shape index (κ3) is 5.55. The van der Waals surface area contributed by atoms with Gasteiger partial charge in [0.15, 0.2) is 5.78 Å². The third-order valence-corrected chi connectivity index (χ3v) is 4.95. The molecule has 1 aromatic carbocycles. The van der Waals surface area contributed by atoms with E-state index in [2.05, 4.69) is 25.7 Å². The van der Waals surface area contributed by atoms with Crippen LogP contribution in [0.2, 0.25) is 0 Å². The van der Waals surface area contributed by atoms with Crippen LogP contribution in [-0.4, -0.2) is 66.3 Å².